The van der Waals surface area contributed by atoms with Crippen LogP contribution in [0.25, 0.3) is 0 Å². The molecule has 0 aliphatic carbocycles. The Hall–Kier alpha value is -1.70. The second kappa shape index (κ2) is 9.85. The van der Waals surface area contributed by atoms with Crippen molar-refractivity contribution in [3.05, 3.63) is 42.5 Å². The fourth-order valence-electron chi connectivity index (χ4n) is 2.96. The van der Waals surface area contributed by atoms with E-state index in [9.17, 15) is 4.79 Å². The standard InChI is InChI=1S/C18H24N4O2S.ClH/c1-3-24-14-4-6-15(7-5-14)25-13-17(23)22-11-8-19-12-16(22)18-20-9-10-21(18)2;/h4-7,9-10,16,19H,3,8,11-13H2,1-2H3;1H. The number of thioether (sulfide) groups is 1. The van der Waals surface area contributed by atoms with Gasteiger partial charge >= 0.3 is 0 Å². The number of ether oxygens (including phenoxy) is 1. The van der Waals surface area contributed by atoms with Crippen LogP contribution >= 0.6 is 24.2 Å². The number of hydrogen-bond donors (Lipinski definition) is 1. The van der Waals surface area contributed by atoms with E-state index in [0.29, 0.717) is 18.9 Å². The lowest BCUT2D eigenvalue weighted by atomic mass is 10.1. The molecule has 6 nitrogen and oxygen atoms in total. The molecule has 1 aromatic carbocycles. The monoisotopic (exact) mass is 396 g/mol. The first-order valence-corrected chi connectivity index (χ1v) is 9.50. The summed E-state index contributed by atoms with van der Waals surface area (Å²) in [6.45, 7) is 4.89. The van der Waals surface area contributed by atoms with Crippen LogP contribution in [-0.4, -0.2) is 52.4 Å². The number of nitrogens with zero attached hydrogens (tertiary/aromatic N) is 3. The van der Waals surface area contributed by atoms with Crippen LogP contribution in [0, 0.1) is 0 Å². The van der Waals surface area contributed by atoms with Gasteiger partial charge in [0.1, 0.15) is 17.6 Å². The second-order valence-corrected chi connectivity index (χ2v) is 6.95. The predicted molar refractivity (Wildman–Crippen MR) is 106 cm³/mol. The number of amides is 1. The highest BCUT2D eigenvalue weighted by Gasteiger charge is 2.30. The zero-order valence-corrected chi connectivity index (χ0v) is 16.7. The molecule has 1 fully saturated rings. The van der Waals surface area contributed by atoms with E-state index >= 15 is 0 Å². The predicted octanol–water partition coefficient (Wildman–Crippen LogP) is 2.51. The van der Waals surface area contributed by atoms with E-state index in [1.165, 1.54) is 0 Å². The molecule has 1 aliphatic heterocycles. The molecule has 0 radical (unpaired) electrons. The number of aromatic nitrogens is 2. The molecule has 26 heavy (non-hydrogen) atoms. The van der Waals surface area contributed by atoms with Crippen LogP contribution in [0.2, 0.25) is 0 Å². The number of benzene rings is 1. The number of nitrogens with one attached hydrogen (secondary N) is 1. The number of halogens is 1. The smallest absolute Gasteiger partial charge is 0.233 e. The van der Waals surface area contributed by atoms with Crippen molar-refractivity contribution in [1.82, 2.24) is 19.8 Å². The maximum atomic E-state index is 12.8. The van der Waals surface area contributed by atoms with Gasteiger partial charge in [-0.05, 0) is 31.2 Å². The van der Waals surface area contributed by atoms with E-state index in [2.05, 4.69) is 10.3 Å². The van der Waals surface area contributed by atoms with Gasteiger partial charge < -0.3 is 19.5 Å². The molecule has 1 aromatic heterocycles. The summed E-state index contributed by atoms with van der Waals surface area (Å²) in [4.78, 5) is 20.2. The average molecular weight is 397 g/mol. The zero-order chi connectivity index (χ0) is 17.6. The van der Waals surface area contributed by atoms with Crippen LogP contribution in [0.3, 0.4) is 0 Å². The Kier molecular flexibility index (Phi) is 7.81. The van der Waals surface area contributed by atoms with Crippen LogP contribution in [-0.2, 0) is 11.8 Å². The maximum Gasteiger partial charge on any atom is 0.233 e. The number of rotatable bonds is 6. The summed E-state index contributed by atoms with van der Waals surface area (Å²) in [5.41, 5.74) is 0. The minimum atomic E-state index is -0.0119. The summed E-state index contributed by atoms with van der Waals surface area (Å²) < 4.78 is 7.43. The Morgan fingerprint density at radius 2 is 2.15 bits per heavy atom. The van der Waals surface area contributed by atoms with E-state index in [4.69, 9.17) is 4.74 Å². The summed E-state index contributed by atoms with van der Waals surface area (Å²) in [5, 5.41) is 3.36. The Bertz CT molecular complexity index is 707. The minimum Gasteiger partial charge on any atom is -0.494 e. The van der Waals surface area contributed by atoms with Gasteiger partial charge in [-0.3, -0.25) is 4.79 Å². The summed E-state index contributed by atoms with van der Waals surface area (Å²) in [6.07, 6.45) is 3.70. The largest absolute Gasteiger partial charge is 0.494 e. The minimum absolute atomic E-state index is 0. The molecule has 8 heteroatoms. The molecule has 3 rings (SSSR count). The van der Waals surface area contributed by atoms with Gasteiger partial charge in [0.2, 0.25) is 5.91 Å². The molecule has 2 heterocycles. The number of hydrogen-bond acceptors (Lipinski definition) is 5. The number of piperazine rings is 1. The third-order valence-electron chi connectivity index (χ3n) is 4.22. The van der Waals surface area contributed by atoms with Crippen LogP contribution < -0.4 is 10.1 Å². The number of aryl methyl sites for hydroxylation is 1. The van der Waals surface area contributed by atoms with E-state index in [1.54, 1.807) is 18.0 Å². The SMILES string of the molecule is CCOc1ccc(SCC(=O)N2CCNCC2c2nccn2C)cc1.Cl. The number of carbonyl (C=O) groups excluding carboxylic acids is 1. The van der Waals surface area contributed by atoms with E-state index in [-0.39, 0.29) is 24.4 Å². The maximum absolute atomic E-state index is 12.8. The van der Waals surface area contributed by atoms with Crippen LogP contribution in [0.5, 0.6) is 5.75 Å². The molecule has 142 valence electrons. The van der Waals surface area contributed by atoms with Gasteiger partial charge in [-0.1, -0.05) is 0 Å². The normalized spacial score (nSPS) is 16.8. The summed E-state index contributed by atoms with van der Waals surface area (Å²) >= 11 is 1.56. The lowest BCUT2D eigenvalue weighted by Crippen LogP contribution is -2.50. The number of imidazole rings is 1. The Morgan fingerprint density at radius 3 is 2.81 bits per heavy atom. The zero-order valence-electron chi connectivity index (χ0n) is 15.1. The molecule has 0 saturated carbocycles. The van der Waals surface area contributed by atoms with Crippen LogP contribution in [0.15, 0.2) is 41.6 Å². The fraction of sp³-hybridized carbons (Fsp3) is 0.444. The van der Waals surface area contributed by atoms with Crippen molar-refractivity contribution in [3.63, 3.8) is 0 Å². The van der Waals surface area contributed by atoms with Gasteiger partial charge in [0.15, 0.2) is 0 Å². The van der Waals surface area contributed by atoms with Gasteiger partial charge in [-0.25, -0.2) is 4.98 Å². The van der Waals surface area contributed by atoms with Gasteiger partial charge in [0.05, 0.1) is 12.4 Å². The van der Waals surface area contributed by atoms with Crippen LogP contribution in [0.4, 0.5) is 0 Å². The molecule has 1 unspecified atom stereocenters. The molecular weight excluding hydrogens is 372 g/mol. The lowest BCUT2D eigenvalue weighted by Gasteiger charge is -2.35. The second-order valence-electron chi connectivity index (χ2n) is 5.90. The van der Waals surface area contributed by atoms with Gasteiger partial charge in [-0.2, -0.15) is 0 Å². The van der Waals surface area contributed by atoms with Crippen molar-refractivity contribution >= 4 is 30.1 Å². The first-order chi connectivity index (χ1) is 12.2. The van der Waals surface area contributed by atoms with Crippen molar-refractivity contribution in [1.29, 1.82) is 0 Å². The van der Waals surface area contributed by atoms with E-state index in [1.807, 2.05) is 53.9 Å². The highest BCUT2D eigenvalue weighted by molar-refractivity contribution is 8.00. The van der Waals surface area contributed by atoms with Crippen molar-refractivity contribution in [2.24, 2.45) is 7.05 Å². The molecule has 1 saturated heterocycles. The van der Waals surface area contributed by atoms with Gasteiger partial charge in [0.25, 0.3) is 0 Å². The summed E-state index contributed by atoms with van der Waals surface area (Å²) in [5.74, 6) is 2.35. The van der Waals surface area contributed by atoms with Crippen molar-refractivity contribution in [2.45, 2.75) is 17.9 Å². The highest BCUT2D eigenvalue weighted by atomic mass is 35.5. The summed E-state index contributed by atoms with van der Waals surface area (Å²) in [6, 6.07) is 7.87. The Balaban J connectivity index is 0.00000243. The Labute approximate surface area is 164 Å². The fourth-order valence-corrected chi connectivity index (χ4v) is 3.74. The third-order valence-corrected chi connectivity index (χ3v) is 5.21. The molecular formula is C18H25ClN4O2S. The van der Waals surface area contributed by atoms with Crippen molar-refractivity contribution in [3.8, 4) is 5.75 Å². The third kappa shape index (κ3) is 4.93. The quantitative estimate of drug-likeness (QED) is 0.760. The average Bonchev–Trinajstić information content (AvgIpc) is 3.07. The van der Waals surface area contributed by atoms with Crippen LogP contribution in [0.1, 0.15) is 18.8 Å². The highest BCUT2D eigenvalue weighted by Crippen LogP contribution is 2.25. The molecule has 1 N–H and O–H groups in total. The lowest BCUT2D eigenvalue weighted by molar-refractivity contribution is -0.131. The first-order valence-electron chi connectivity index (χ1n) is 8.52. The molecule has 1 aliphatic rings. The molecule has 2 aromatic rings. The molecule has 0 bridgehead atoms. The molecule has 1 amide bonds. The van der Waals surface area contributed by atoms with Gasteiger partial charge in [-0.15, -0.1) is 24.2 Å². The Morgan fingerprint density at radius 1 is 1.38 bits per heavy atom. The first kappa shape index (κ1) is 20.6. The van der Waals surface area contributed by atoms with Gasteiger partial charge in [0, 0.05) is 44.0 Å². The molecule has 1 atom stereocenters. The van der Waals surface area contributed by atoms with Crippen molar-refractivity contribution < 1.29 is 9.53 Å². The van der Waals surface area contributed by atoms with Crippen molar-refractivity contribution in [2.75, 3.05) is 32.0 Å². The van der Waals surface area contributed by atoms with E-state index in [0.717, 1.165) is 29.6 Å². The van der Waals surface area contributed by atoms with E-state index < -0.39 is 0 Å². The molecule has 0 spiro atoms. The topological polar surface area (TPSA) is 59.4 Å². The number of carbonyl (C=O) groups is 1. The summed E-state index contributed by atoms with van der Waals surface area (Å²) in [7, 11) is 1.97.